The molecule has 362 valence electrons. The second kappa shape index (κ2) is 26.4. The molecule has 2 aliphatic rings. The monoisotopic (exact) mass is 937 g/mol. The molecule has 0 radical (unpaired) electrons. The first kappa shape index (κ1) is 49.8. The fraction of sp³-hybridized carbons (Fsp3) is 0.351. The van der Waals surface area contributed by atoms with Crippen LogP contribution in [0.5, 0.6) is 0 Å². The lowest BCUT2D eigenvalue weighted by molar-refractivity contribution is -0.337. The number of nitrogens with one attached hydrogen (secondary N) is 1. The van der Waals surface area contributed by atoms with Gasteiger partial charge in [-0.3, -0.25) is 4.79 Å². The number of carbonyl (C=O) groups excluding carboxylic acids is 1. The number of benzene rings is 6. The molecule has 0 aliphatic carbocycles. The standard InChI is InChI=1S/C57H63NO11/c1-41(59)58-50-53(64-36-45-27-15-6-16-28-45)51(62-34-43-23-11-4-12-24-43)48(39-61-33-42-21-9-3-10-22-42)68-56(50)67-40-49-52(63-35-44-25-13-5-14-26-44)54(65-37-46-29-17-7-18-30-46)55(57(60-2)69-49)66-38-47-31-19-8-20-32-47/h3-32,48-57H,33-40H2,1-2H3,(H,58,59)/t48-,49-,50-,51+,52-,53-,54+,55-,56+,57+/m1/s1. The second-order valence-electron chi connectivity index (χ2n) is 17.2. The maximum atomic E-state index is 13.2. The Bertz CT molecular complexity index is 2350. The van der Waals surface area contributed by atoms with Crippen LogP contribution in [0, 0.1) is 0 Å². The molecule has 0 saturated carbocycles. The van der Waals surface area contributed by atoms with Crippen molar-refractivity contribution in [1.82, 2.24) is 5.32 Å². The van der Waals surface area contributed by atoms with E-state index in [0.29, 0.717) is 6.61 Å². The highest BCUT2D eigenvalue weighted by Gasteiger charge is 2.52. The lowest BCUT2D eigenvalue weighted by Crippen LogP contribution is -2.67. The summed E-state index contributed by atoms with van der Waals surface area (Å²) >= 11 is 0. The van der Waals surface area contributed by atoms with Gasteiger partial charge in [-0.1, -0.05) is 182 Å². The average Bonchev–Trinajstić information content (AvgIpc) is 3.39. The van der Waals surface area contributed by atoms with E-state index < -0.39 is 61.3 Å². The Morgan fingerprint density at radius 3 is 1.14 bits per heavy atom. The fourth-order valence-corrected chi connectivity index (χ4v) is 8.63. The van der Waals surface area contributed by atoms with Crippen molar-refractivity contribution < 1.29 is 52.2 Å². The summed E-state index contributed by atoms with van der Waals surface area (Å²) in [5, 5.41) is 3.12. The summed E-state index contributed by atoms with van der Waals surface area (Å²) in [5.74, 6) is -0.295. The lowest BCUT2D eigenvalue weighted by atomic mass is 9.95. The molecule has 2 heterocycles. The molecule has 1 amide bonds. The Morgan fingerprint density at radius 1 is 0.406 bits per heavy atom. The summed E-state index contributed by atoms with van der Waals surface area (Å²) in [5.41, 5.74) is 5.86. The van der Waals surface area contributed by atoms with Crippen LogP contribution in [0.4, 0.5) is 0 Å². The molecule has 2 fully saturated rings. The van der Waals surface area contributed by atoms with Crippen molar-refractivity contribution in [3.63, 3.8) is 0 Å². The van der Waals surface area contributed by atoms with E-state index in [1.807, 2.05) is 182 Å². The van der Waals surface area contributed by atoms with Crippen molar-refractivity contribution in [3.8, 4) is 0 Å². The van der Waals surface area contributed by atoms with Gasteiger partial charge in [-0.15, -0.1) is 0 Å². The van der Waals surface area contributed by atoms with Crippen molar-refractivity contribution in [2.24, 2.45) is 0 Å². The summed E-state index contributed by atoms with van der Waals surface area (Å²) in [6.07, 6.45) is -7.02. The minimum atomic E-state index is -1.06. The van der Waals surface area contributed by atoms with Gasteiger partial charge in [-0.2, -0.15) is 0 Å². The first-order valence-corrected chi connectivity index (χ1v) is 23.6. The lowest BCUT2D eigenvalue weighted by Gasteiger charge is -2.48. The normalized spacial score (nSPS) is 24.7. The molecule has 2 saturated heterocycles. The van der Waals surface area contributed by atoms with Gasteiger partial charge < -0.3 is 52.7 Å². The summed E-state index contributed by atoms with van der Waals surface area (Å²) in [7, 11) is 1.59. The van der Waals surface area contributed by atoms with Crippen molar-refractivity contribution in [1.29, 1.82) is 0 Å². The van der Waals surface area contributed by atoms with Gasteiger partial charge in [0.1, 0.15) is 48.8 Å². The maximum absolute atomic E-state index is 13.2. The molecule has 6 aromatic rings. The minimum absolute atomic E-state index is 0.0603. The van der Waals surface area contributed by atoms with E-state index >= 15 is 0 Å². The zero-order valence-corrected chi connectivity index (χ0v) is 39.2. The van der Waals surface area contributed by atoms with Crippen LogP contribution in [-0.2, 0) is 91.8 Å². The molecule has 0 spiro atoms. The van der Waals surface area contributed by atoms with Crippen molar-refractivity contribution in [3.05, 3.63) is 215 Å². The van der Waals surface area contributed by atoms with Crippen LogP contribution < -0.4 is 5.32 Å². The van der Waals surface area contributed by atoms with Crippen LogP contribution >= 0.6 is 0 Å². The molecule has 1 N–H and O–H groups in total. The molecule has 12 heteroatoms. The Labute approximate surface area is 405 Å². The highest BCUT2D eigenvalue weighted by atomic mass is 16.7. The zero-order chi connectivity index (χ0) is 47.5. The third kappa shape index (κ3) is 14.7. The molecular weight excluding hydrogens is 875 g/mol. The van der Waals surface area contributed by atoms with Gasteiger partial charge in [0.2, 0.25) is 5.91 Å². The Kier molecular flexibility index (Phi) is 19.0. The van der Waals surface area contributed by atoms with E-state index in [0.717, 1.165) is 33.4 Å². The van der Waals surface area contributed by atoms with Crippen molar-refractivity contribution in [2.45, 2.75) is 108 Å². The number of carbonyl (C=O) groups is 1. The predicted octanol–water partition coefficient (Wildman–Crippen LogP) is 8.75. The van der Waals surface area contributed by atoms with E-state index in [9.17, 15) is 4.79 Å². The van der Waals surface area contributed by atoms with Crippen LogP contribution in [0.15, 0.2) is 182 Å². The first-order chi connectivity index (χ1) is 34.0. The Morgan fingerprint density at radius 2 is 0.739 bits per heavy atom. The average molecular weight is 938 g/mol. The van der Waals surface area contributed by atoms with Crippen LogP contribution in [0.25, 0.3) is 0 Å². The number of amides is 1. The molecule has 0 aromatic heterocycles. The highest BCUT2D eigenvalue weighted by molar-refractivity contribution is 5.73. The van der Waals surface area contributed by atoms with Gasteiger partial charge in [-0.25, -0.2) is 0 Å². The van der Waals surface area contributed by atoms with Crippen molar-refractivity contribution >= 4 is 5.91 Å². The molecule has 69 heavy (non-hydrogen) atoms. The van der Waals surface area contributed by atoms with Crippen LogP contribution in [-0.4, -0.2) is 87.6 Å². The molecule has 6 aromatic carbocycles. The highest BCUT2D eigenvalue weighted by Crippen LogP contribution is 2.34. The number of hydrogen-bond donors (Lipinski definition) is 1. The number of methoxy groups -OCH3 is 1. The summed E-state index contributed by atoms with van der Waals surface area (Å²) < 4.78 is 67.1. The van der Waals surface area contributed by atoms with E-state index in [2.05, 4.69) is 5.32 Å². The van der Waals surface area contributed by atoms with Gasteiger partial charge in [0.05, 0.1) is 52.9 Å². The molecule has 12 nitrogen and oxygen atoms in total. The van der Waals surface area contributed by atoms with Crippen LogP contribution in [0.3, 0.4) is 0 Å². The third-order valence-corrected chi connectivity index (χ3v) is 12.1. The fourth-order valence-electron chi connectivity index (χ4n) is 8.63. The van der Waals surface area contributed by atoms with E-state index in [1.54, 1.807) is 7.11 Å². The molecule has 2 aliphatic heterocycles. The zero-order valence-electron chi connectivity index (χ0n) is 39.2. The van der Waals surface area contributed by atoms with Gasteiger partial charge in [0.15, 0.2) is 12.6 Å². The van der Waals surface area contributed by atoms with E-state index in [1.165, 1.54) is 6.92 Å². The van der Waals surface area contributed by atoms with Gasteiger partial charge in [-0.05, 0) is 33.4 Å². The summed E-state index contributed by atoms with van der Waals surface area (Å²) in [6, 6.07) is 58.7. The third-order valence-electron chi connectivity index (χ3n) is 12.1. The van der Waals surface area contributed by atoms with E-state index in [4.69, 9.17) is 47.4 Å². The Balaban J connectivity index is 1.11. The number of ether oxygens (including phenoxy) is 10. The molecule has 0 unspecified atom stereocenters. The van der Waals surface area contributed by atoms with Gasteiger partial charge in [0.25, 0.3) is 0 Å². The maximum Gasteiger partial charge on any atom is 0.217 e. The number of hydrogen-bond acceptors (Lipinski definition) is 11. The molecular formula is C57H63NO11. The topological polar surface area (TPSA) is 121 Å². The van der Waals surface area contributed by atoms with E-state index in [-0.39, 0.29) is 52.2 Å². The summed E-state index contributed by atoms with van der Waals surface area (Å²) in [6.45, 7) is 3.19. The molecule has 0 bridgehead atoms. The van der Waals surface area contributed by atoms with Crippen LogP contribution in [0.2, 0.25) is 0 Å². The SMILES string of the molecule is CO[C@H]1O[C@H](CO[C@H]2O[C@H](COCc3ccccc3)[C@H](OCc3ccccc3)[C@H](OCc3ccccc3)[C@H]2NC(C)=O)[C@@H](OCc2ccccc2)[C@H](OCc2ccccc2)[C@H]1OCc1ccccc1. The molecule has 10 atom stereocenters. The second-order valence-corrected chi connectivity index (χ2v) is 17.2. The van der Waals surface area contributed by atoms with Gasteiger partial charge in [0, 0.05) is 14.0 Å². The molecule has 8 rings (SSSR count). The number of rotatable bonds is 24. The predicted molar refractivity (Wildman–Crippen MR) is 259 cm³/mol. The summed E-state index contributed by atoms with van der Waals surface area (Å²) in [4.78, 5) is 13.2. The largest absolute Gasteiger partial charge is 0.374 e. The van der Waals surface area contributed by atoms with Crippen LogP contribution in [0.1, 0.15) is 40.3 Å². The minimum Gasteiger partial charge on any atom is -0.374 e. The Hall–Kier alpha value is -5.61. The quantitative estimate of drug-likeness (QED) is 0.0628. The van der Waals surface area contributed by atoms with Gasteiger partial charge >= 0.3 is 0 Å². The smallest absolute Gasteiger partial charge is 0.217 e. The van der Waals surface area contributed by atoms with Crippen molar-refractivity contribution in [2.75, 3.05) is 20.3 Å². The first-order valence-electron chi connectivity index (χ1n) is 23.6.